The summed E-state index contributed by atoms with van der Waals surface area (Å²) in [5, 5.41) is 9.86. The predicted octanol–water partition coefficient (Wildman–Crippen LogP) is 3.02. The summed E-state index contributed by atoms with van der Waals surface area (Å²) >= 11 is 0. The van der Waals surface area contributed by atoms with Gasteiger partial charge < -0.3 is 9.88 Å². The summed E-state index contributed by atoms with van der Waals surface area (Å²) in [6, 6.07) is 10.2. The molecule has 0 aliphatic rings. The minimum absolute atomic E-state index is 0.235. The molecule has 0 bridgehead atoms. The second-order valence-electron chi connectivity index (χ2n) is 5.46. The van der Waals surface area contributed by atoms with Crippen molar-refractivity contribution in [1.82, 2.24) is 19.7 Å². The molecule has 0 radical (unpaired) electrons. The number of benzene rings is 1. The first-order chi connectivity index (χ1) is 11.2. The minimum Gasteiger partial charge on any atom is -0.330 e. The number of carbonyl (C=O) groups is 1. The molecule has 1 amide bonds. The van der Waals surface area contributed by atoms with Crippen LogP contribution < -0.4 is 5.32 Å². The van der Waals surface area contributed by atoms with Crippen molar-refractivity contribution in [3.05, 3.63) is 54.1 Å². The van der Waals surface area contributed by atoms with Gasteiger partial charge in [-0.2, -0.15) is 5.10 Å². The molecule has 0 fully saturated rings. The van der Waals surface area contributed by atoms with E-state index < -0.39 is 0 Å². The molecule has 1 aromatic carbocycles. The van der Waals surface area contributed by atoms with Crippen molar-refractivity contribution in [3.63, 3.8) is 0 Å². The van der Waals surface area contributed by atoms with E-state index >= 15 is 0 Å². The Morgan fingerprint density at radius 1 is 1.30 bits per heavy atom. The highest BCUT2D eigenvalue weighted by Crippen LogP contribution is 2.21. The van der Waals surface area contributed by atoms with Crippen LogP contribution in [0.3, 0.4) is 0 Å². The third-order valence-corrected chi connectivity index (χ3v) is 3.67. The molecule has 0 unspecified atom stereocenters. The van der Waals surface area contributed by atoms with E-state index in [1.807, 2.05) is 6.07 Å². The van der Waals surface area contributed by atoms with Crippen LogP contribution in [0.15, 0.2) is 42.9 Å². The molecule has 2 aromatic heterocycles. The molecule has 0 saturated heterocycles. The molecule has 0 aliphatic carbocycles. The molecule has 23 heavy (non-hydrogen) atoms. The topological polar surface area (TPSA) is 75.6 Å². The van der Waals surface area contributed by atoms with Gasteiger partial charge in [-0.05, 0) is 17.5 Å². The average Bonchev–Trinajstić information content (AvgIpc) is 3.17. The van der Waals surface area contributed by atoms with Crippen LogP contribution in [-0.2, 0) is 13.5 Å². The van der Waals surface area contributed by atoms with Crippen molar-refractivity contribution in [3.8, 4) is 11.3 Å². The Balaban J connectivity index is 1.73. The van der Waals surface area contributed by atoms with E-state index in [9.17, 15) is 4.79 Å². The number of rotatable bonds is 5. The second kappa shape index (κ2) is 6.48. The molecule has 3 rings (SSSR count). The molecule has 118 valence electrons. The fourth-order valence-electron chi connectivity index (χ4n) is 2.43. The molecule has 6 heteroatoms. The highest BCUT2D eigenvalue weighted by atomic mass is 16.2. The molecule has 0 aliphatic heterocycles. The van der Waals surface area contributed by atoms with Crippen molar-refractivity contribution >= 4 is 11.7 Å². The lowest BCUT2D eigenvalue weighted by Gasteiger charge is -2.02. The van der Waals surface area contributed by atoms with Crippen LogP contribution >= 0.6 is 0 Å². The van der Waals surface area contributed by atoms with Crippen LogP contribution in [0.2, 0.25) is 0 Å². The zero-order chi connectivity index (χ0) is 16.2. The lowest BCUT2D eigenvalue weighted by Crippen LogP contribution is -2.15. The number of amides is 1. The number of nitrogens with zero attached hydrogens (tertiary/aromatic N) is 3. The van der Waals surface area contributed by atoms with E-state index in [-0.39, 0.29) is 5.91 Å². The van der Waals surface area contributed by atoms with E-state index in [2.05, 4.69) is 51.7 Å². The van der Waals surface area contributed by atoms with Crippen molar-refractivity contribution in [2.24, 2.45) is 7.05 Å². The van der Waals surface area contributed by atoms with Gasteiger partial charge in [0.25, 0.3) is 5.91 Å². The van der Waals surface area contributed by atoms with E-state index in [4.69, 9.17) is 0 Å². The van der Waals surface area contributed by atoms with Crippen molar-refractivity contribution in [1.29, 1.82) is 0 Å². The summed E-state index contributed by atoms with van der Waals surface area (Å²) in [5.41, 5.74) is 3.71. The molecule has 0 saturated carbocycles. The average molecular weight is 309 g/mol. The van der Waals surface area contributed by atoms with E-state index in [1.54, 1.807) is 17.9 Å². The summed E-state index contributed by atoms with van der Waals surface area (Å²) < 4.78 is 1.66. The first-order valence-electron chi connectivity index (χ1n) is 7.59. The molecule has 0 spiro atoms. The summed E-state index contributed by atoms with van der Waals surface area (Å²) in [6.07, 6.45) is 5.32. The minimum atomic E-state index is -0.235. The molecular weight excluding hydrogens is 290 g/mol. The zero-order valence-electron chi connectivity index (χ0n) is 13.2. The molecule has 6 nitrogen and oxygen atoms in total. The molecular formula is C17H19N5O. The van der Waals surface area contributed by atoms with Crippen molar-refractivity contribution in [2.45, 2.75) is 19.8 Å². The number of carbonyl (C=O) groups excluding carboxylic acids is 1. The van der Waals surface area contributed by atoms with Gasteiger partial charge in [-0.3, -0.25) is 9.89 Å². The number of hydrogen-bond donors (Lipinski definition) is 2. The third kappa shape index (κ3) is 3.31. The van der Waals surface area contributed by atoms with Crippen LogP contribution in [-0.4, -0.2) is 25.7 Å². The van der Waals surface area contributed by atoms with E-state index in [1.165, 1.54) is 11.8 Å². The zero-order valence-corrected chi connectivity index (χ0v) is 13.2. The Morgan fingerprint density at radius 2 is 2.09 bits per heavy atom. The largest absolute Gasteiger partial charge is 0.330 e. The van der Waals surface area contributed by atoms with Gasteiger partial charge in [0.1, 0.15) is 5.69 Å². The summed E-state index contributed by atoms with van der Waals surface area (Å²) in [7, 11) is 1.77. The maximum atomic E-state index is 12.1. The number of nitrogens with one attached hydrogen (secondary N) is 2. The highest BCUT2D eigenvalue weighted by Gasteiger charge is 2.12. The van der Waals surface area contributed by atoms with Crippen molar-refractivity contribution < 1.29 is 4.79 Å². The molecule has 2 N–H and O–H groups in total. The van der Waals surface area contributed by atoms with E-state index in [0.29, 0.717) is 11.5 Å². The van der Waals surface area contributed by atoms with Gasteiger partial charge in [0.15, 0.2) is 5.82 Å². The number of imidazole rings is 1. The SMILES string of the molecule is CCCc1ccc(-c2cc(NC(=O)c3cncn3C)n[nH]2)cc1. The maximum absolute atomic E-state index is 12.1. The maximum Gasteiger partial charge on any atom is 0.275 e. The number of hydrogen-bond acceptors (Lipinski definition) is 3. The van der Waals surface area contributed by atoms with Gasteiger partial charge in [0.05, 0.1) is 18.2 Å². The van der Waals surface area contributed by atoms with Gasteiger partial charge in [0, 0.05) is 13.1 Å². The van der Waals surface area contributed by atoms with Gasteiger partial charge >= 0.3 is 0 Å². The normalized spacial score (nSPS) is 10.7. The Labute approximate surface area is 134 Å². The Morgan fingerprint density at radius 3 is 2.74 bits per heavy atom. The number of anilines is 1. The monoisotopic (exact) mass is 309 g/mol. The van der Waals surface area contributed by atoms with Crippen LogP contribution in [0.1, 0.15) is 29.4 Å². The standard InChI is InChI=1S/C17H19N5O/c1-3-4-12-5-7-13(8-6-12)14-9-16(21-20-14)19-17(23)15-10-18-11-22(15)2/h5-11H,3-4H2,1-2H3,(H2,19,20,21,23). The number of H-pyrrole nitrogens is 1. The van der Waals surface area contributed by atoms with Crippen LogP contribution in [0.5, 0.6) is 0 Å². The van der Waals surface area contributed by atoms with Gasteiger partial charge in [-0.15, -0.1) is 0 Å². The lowest BCUT2D eigenvalue weighted by molar-refractivity contribution is 0.101. The predicted molar refractivity (Wildman–Crippen MR) is 89.2 cm³/mol. The molecule has 0 atom stereocenters. The molecule has 3 aromatic rings. The summed E-state index contributed by atoms with van der Waals surface area (Å²) in [6.45, 7) is 2.17. The smallest absolute Gasteiger partial charge is 0.275 e. The van der Waals surface area contributed by atoms with Gasteiger partial charge in [-0.1, -0.05) is 37.6 Å². The number of aromatic nitrogens is 4. The Kier molecular flexibility index (Phi) is 4.23. The Hall–Kier alpha value is -2.89. The van der Waals surface area contributed by atoms with Crippen molar-refractivity contribution in [2.75, 3.05) is 5.32 Å². The summed E-state index contributed by atoms with van der Waals surface area (Å²) in [5.74, 6) is 0.255. The fraction of sp³-hybridized carbons (Fsp3) is 0.235. The number of aromatic amines is 1. The van der Waals surface area contributed by atoms with Crippen LogP contribution in [0.4, 0.5) is 5.82 Å². The first kappa shape index (κ1) is 15.0. The first-order valence-corrected chi connectivity index (χ1v) is 7.59. The van der Waals surface area contributed by atoms with Gasteiger partial charge in [-0.25, -0.2) is 4.98 Å². The fourth-order valence-corrected chi connectivity index (χ4v) is 2.43. The van der Waals surface area contributed by atoms with Gasteiger partial charge in [0.2, 0.25) is 0 Å². The van der Waals surface area contributed by atoms with Crippen LogP contribution in [0.25, 0.3) is 11.3 Å². The van der Waals surface area contributed by atoms with E-state index in [0.717, 1.165) is 24.1 Å². The van der Waals surface area contributed by atoms with Crippen LogP contribution in [0, 0.1) is 0 Å². The summed E-state index contributed by atoms with van der Waals surface area (Å²) in [4.78, 5) is 16.1. The second-order valence-corrected chi connectivity index (χ2v) is 5.46. The molecule has 2 heterocycles. The lowest BCUT2D eigenvalue weighted by atomic mass is 10.1. The quantitative estimate of drug-likeness (QED) is 0.760. The Bertz CT molecular complexity index is 801. The highest BCUT2D eigenvalue weighted by molar-refractivity contribution is 6.02. The number of aryl methyl sites for hydroxylation is 2. The third-order valence-electron chi connectivity index (χ3n) is 3.67.